The van der Waals surface area contributed by atoms with E-state index < -0.39 is 5.97 Å². The number of hydrogen-bond acceptors (Lipinski definition) is 6. The predicted molar refractivity (Wildman–Crippen MR) is 131 cm³/mol. The number of esters is 1. The molecule has 0 spiro atoms. The molecule has 0 aromatic heterocycles. The zero-order valence-corrected chi connectivity index (χ0v) is 18.9. The molecule has 0 bridgehead atoms. The Kier molecular flexibility index (Phi) is 8.11. The molecule has 3 rings (SSSR count). The molecule has 0 aliphatic carbocycles. The second-order valence-corrected chi connectivity index (χ2v) is 7.41. The highest BCUT2D eigenvalue weighted by Crippen LogP contribution is 2.31. The van der Waals surface area contributed by atoms with Crippen LogP contribution in [0, 0.1) is 0 Å². The SMILES string of the molecule is C=Nc1cc(C(=O)OC)ccc1N(CNc1ccc(OCC)cc1)Cc1ccc(Cl)cc1. The molecule has 0 amide bonds. The number of halogens is 1. The third-order valence-electron chi connectivity index (χ3n) is 4.83. The number of anilines is 2. The summed E-state index contributed by atoms with van der Waals surface area (Å²) >= 11 is 6.05. The third-order valence-corrected chi connectivity index (χ3v) is 5.09. The predicted octanol–water partition coefficient (Wildman–Crippen LogP) is 5.93. The molecule has 166 valence electrons. The highest BCUT2D eigenvalue weighted by atomic mass is 35.5. The smallest absolute Gasteiger partial charge is 0.337 e. The van der Waals surface area contributed by atoms with Gasteiger partial charge >= 0.3 is 5.97 Å². The molecule has 32 heavy (non-hydrogen) atoms. The summed E-state index contributed by atoms with van der Waals surface area (Å²) in [5, 5.41) is 4.12. The first-order chi connectivity index (χ1) is 15.5. The zero-order valence-electron chi connectivity index (χ0n) is 18.2. The molecule has 0 unspecified atom stereocenters. The molecule has 1 N–H and O–H groups in total. The molecule has 0 heterocycles. The molecule has 0 saturated heterocycles. The summed E-state index contributed by atoms with van der Waals surface area (Å²) in [5.41, 5.74) is 3.88. The molecule has 6 nitrogen and oxygen atoms in total. The van der Waals surface area contributed by atoms with Crippen LogP contribution in [-0.2, 0) is 11.3 Å². The van der Waals surface area contributed by atoms with Crippen LogP contribution in [0.4, 0.5) is 17.1 Å². The molecule has 0 radical (unpaired) electrons. The van der Waals surface area contributed by atoms with E-state index >= 15 is 0 Å². The molecule has 0 atom stereocenters. The van der Waals surface area contributed by atoms with Gasteiger partial charge in [0.1, 0.15) is 5.75 Å². The van der Waals surface area contributed by atoms with Gasteiger partial charge in [-0.1, -0.05) is 23.7 Å². The van der Waals surface area contributed by atoms with E-state index in [-0.39, 0.29) is 0 Å². The van der Waals surface area contributed by atoms with E-state index in [2.05, 4.69) is 21.9 Å². The maximum absolute atomic E-state index is 11.9. The van der Waals surface area contributed by atoms with Crippen molar-refractivity contribution in [3.8, 4) is 5.75 Å². The molecule has 0 aliphatic heterocycles. The second-order valence-electron chi connectivity index (χ2n) is 6.97. The third kappa shape index (κ3) is 6.02. The average Bonchev–Trinajstić information content (AvgIpc) is 2.83. The summed E-state index contributed by atoms with van der Waals surface area (Å²) < 4.78 is 10.3. The Balaban J connectivity index is 1.87. The van der Waals surface area contributed by atoms with Crippen molar-refractivity contribution < 1.29 is 14.3 Å². The first-order valence-corrected chi connectivity index (χ1v) is 10.6. The number of ether oxygens (including phenoxy) is 2. The van der Waals surface area contributed by atoms with E-state index in [9.17, 15) is 4.79 Å². The van der Waals surface area contributed by atoms with E-state index in [1.54, 1.807) is 12.1 Å². The van der Waals surface area contributed by atoms with Gasteiger partial charge in [0.25, 0.3) is 0 Å². The lowest BCUT2D eigenvalue weighted by molar-refractivity contribution is 0.0601. The number of rotatable bonds is 10. The van der Waals surface area contributed by atoms with Gasteiger partial charge < -0.3 is 19.7 Å². The summed E-state index contributed by atoms with van der Waals surface area (Å²) in [7, 11) is 1.35. The molecule has 3 aromatic rings. The van der Waals surface area contributed by atoms with E-state index in [0.717, 1.165) is 22.7 Å². The van der Waals surface area contributed by atoms with Crippen LogP contribution >= 0.6 is 11.6 Å². The van der Waals surface area contributed by atoms with Gasteiger partial charge in [-0.2, -0.15) is 0 Å². The van der Waals surface area contributed by atoms with Gasteiger partial charge in [0, 0.05) is 17.3 Å². The topological polar surface area (TPSA) is 63.2 Å². The lowest BCUT2D eigenvalue weighted by Crippen LogP contribution is -2.29. The van der Waals surface area contributed by atoms with E-state index in [1.807, 2.05) is 61.5 Å². The standard InChI is InChI=1S/C25H26ClN3O3/c1-4-32-22-12-10-21(11-13-22)28-17-29(16-18-5-8-20(26)9-6-18)24-14-7-19(25(30)31-3)15-23(24)27-2/h5-15,28H,2,4,16-17H2,1,3H3. The Labute approximate surface area is 193 Å². The lowest BCUT2D eigenvalue weighted by Gasteiger charge is -2.27. The van der Waals surface area contributed by atoms with Gasteiger partial charge in [0.05, 0.1) is 37.3 Å². The van der Waals surface area contributed by atoms with Crippen molar-refractivity contribution in [2.75, 3.05) is 30.6 Å². The molecule has 3 aromatic carbocycles. The second kappa shape index (κ2) is 11.2. The number of carbonyl (C=O) groups excluding carboxylic acids is 1. The summed E-state index contributed by atoms with van der Waals surface area (Å²) in [5.74, 6) is 0.408. The number of benzene rings is 3. The van der Waals surface area contributed by atoms with Crippen LogP contribution < -0.4 is 15.0 Å². The zero-order chi connectivity index (χ0) is 22.9. The maximum Gasteiger partial charge on any atom is 0.337 e. The Bertz CT molecular complexity index is 1050. The fraction of sp³-hybridized carbons (Fsp3) is 0.200. The Hall–Kier alpha value is -3.51. The van der Waals surface area contributed by atoms with Crippen molar-refractivity contribution >= 4 is 41.3 Å². The van der Waals surface area contributed by atoms with Crippen LogP contribution in [0.5, 0.6) is 5.75 Å². The van der Waals surface area contributed by atoms with Crippen molar-refractivity contribution in [2.24, 2.45) is 4.99 Å². The van der Waals surface area contributed by atoms with Gasteiger partial charge in [0.2, 0.25) is 0 Å². The minimum atomic E-state index is -0.418. The first-order valence-electron chi connectivity index (χ1n) is 10.2. The van der Waals surface area contributed by atoms with Crippen molar-refractivity contribution in [3.05, 3.63) is 82.9 Å². The Morgan fingerprint density at radius 3 is 2.44 bits per heavy atom. The number of hydrogen-bond donors (Lipinski definition) is 1. The largest absolute Gasteiger partial charge is 0.494 e. The van der Waals surface area contributed by atoms with Gasteiger partial charge in [-0.05, 0) is 73.8 Å². The average molecular weight is 452 g/mol. The van der Waals surface area contributed by atoms with Crippen LogP contribution in [-0.4, -0.2) is 33.1 Å². The van der Waals surface area contributed by atoms with Gasteiger partial charge in [-0.3, -0.25) is 4.99 Å². The van der Waals surface area contributed by atoms with Crippen LogP contribution in [0.3, 0.4) is 0 Å². The highest BCUT2D eigenvalue weighted by Gasteiger charge is 2.15. The highest BCUT2D eigenvalue weighted by molar-refractivity contribution is 6.30. The van der Waals surface area contributed by atoms with Crippen molar-refractivity contribution in [2.45, 2.75) is 13.5 Å². The molecule has 0 fully saturated rings. The number of nitrogens with one attached hydrogen (secondary N) is 1. The monoisotopic (exact) mass is 451 g/mol. The van der Waals surface area contributed by atoms with E-state index in [4.69, 9.17) is 21.1 Å². The Morgan fingerprint density at radius 2 is 1.81 bits per heavy atom. The van der Waals surface area contributed by atoms with Gasteiger partial charge in [0.15, 0.2) is 0 Å². The van der Waals surface area contributed by atoms with Gasteiger partial charge in [-0.15, -0.1) is 0 Å². The minimum absolute atomic E-state index is 0.418. The van der Waals surface area contributed by atoms with E-state index in [0.29, 0.717) is 36.1 Å². The number of carbonyl (C=O) groups is 1. The molecule has 7 heteroatoms. The summed E-state index contributed by atoms with van der Waals surface area (Å²) in [6.45, 7) is 7.36. The first kappa shape index (κ1) is 23.2. The fourth-order valence-electron chi connectivity index (χ4n) is 3.22. The minimum Gasteiger partial charge on any atom is -0.494 e. The molecular weight excluding hydrogens is 426 g/mol. The normalized spacial score (nSPS) is 10.3. The number of methoxy groups -OCH3 is 1. The molecular formula is C25H26ClN3O3. The molecule has 0 aliphatic rings. The summed E-state index contributed by atoms with van der Waals surface area (Å²) in [6, 6.07) is 20.7. The summed E-state index contributed by atoms with van der Waals surface area (Å²) in [4.78, 5) is 18.2. The van der Waals surface area contributed by atoms with Crippen LogP contribution in [0.2, 0.25) is 5.02 Å². The fourth-order valence-corrected chi connectivity index (χ4v) is 3.35. The maximum atomic E-state index is 11.9. The van der Waals surface area contributed by atoms with Gasteiger partial charge in [-0.25, -0.2) is 4.79 Å². The van der Waals surface area contributed by atoms with Crippen molar-refractivity contribution in [1.82, 2.24) is 0 Å². The van der Waals surface area contributed by atoms with Crippen LogP contribution in [0.1, 0.15) is 22.8 Å². The van der Waals surface area contributed by atoms with Crippen LogP contribution in [0.25, 0.3) is 0 Å². The number of aliphatic imine (C=N–C) groups is 1. The summed E-state index contributed by atoms with van der Waals surface area (Å²) in [6.07, 6.45) is 0. The van der Waals surface area contributed by atoms with Crippen molar-refractivity contribution in [3.63, 3.8) is 0 Å². The lowest BCUT2D eigenvalue weighted by atomic mass is 10.1. The van der Waals surface area contributed by atoms with E-state index in [1.165, 1.54) is 7.11 Å². The quantitative estimate of drug-likeness (QED) is 0.235. The van der Waals surface area contributed by atoms with Crippen molar-refractivity contribution in [1.29, 1.82) is 0 Å². The molecule has 0 saturated carbocycles. The Morgan fingerprint density at radius 1 is 1.09 bits per heavy atom. The number of nitrogens with zero attached hydrogens (tertiary/aromatic N) is 2. The van der Waals surface area contributed by atoms with Crippen LogP contribution in [0.15, 0.2) is 71.7 Å².